The zero-order valence-electron chi connectivity index (χ0n) is 14.6. The molecule has 0 bridgehead atoms. The number of thioether (sulfide) groups is 1. The quantitative estimate of drug-likeness (QED) is 0.657. The molecule has 0 N–H and O–H groups in total. The normalized spacial score (nSPS) is 18.6. The van der Waals surface area contributed by atoms with Crippen LogP contribution >= 0.6 is 11.8 Å². The molecule has 1 aliphatic heterocycles. The number of hydrogen-bond donors (Lipinski definition) is 0. The van der Waals surface area contributed by atoms with Crippen LogP contribution in [0.5, 0.6) is 11.5 Å². The second-order valence-corrected chi connectivity index (χ2v) is 8.47. The summed E-state index contributed by atoms with van der Waals surface area (Å²) < 4.78 is 42.9. The van der Waals surface area contributed by atoms with E-state index in [4.69, 9.17) is 14.2 Å². The number of hydrogen-bond acceptors (Lipinski definition) is 7. The van der Waals surface area contributed by atoms with Gasteiger partial charge in [0.25, 0.3) is 0 Å². The average Bonchev–Trinajstić information content (AvgIpc) is 2.63. The fourth-order valence-corrected chi connectivity index (χ4v) is 5.27. The van der Waals surface area contributed by atoms with E-state index in [0.717, 1.165) is 0 Å². The van der Waals surface area contributed by atoms with Crippen molar-refractivity contribution in [2.75, 3.05) is 39.2 Å². The zero-order chi connectivity index (χ0) is 18.4. The highest BCUT2D eigenvalue weighted by molar-refractivity contribution is 8.00. The van der Waals surface area contributed by atoms with E-state index in [2.05, 4.69) is 0 Å². The fraction of sp³-hybridized carbons (Fsp3) is 0.562. The second-order valence-electron chi connectivity index (χ2n) is 5.22. The van der Waals surface area contributed by atoms with Crippen molar-refractivity contribution >= 4 is 27.8 Å². The van der Waals surface area contributed by atoms with Crippen molar-refractivity contribution in [1.82, 2.24) is 4.31 Å². The Morgan fingerprint density at radius 3 is 2.56 bits per heavy atom. The van der Waals surface area contributed by atoms with Crippen LogP contribution in [0.25, 0.3) is 0 Å². The Balaban J connectivity index is 2.29. The third-order valence-electron chi connectivity index (χ3n) is 3.65. The SMILES string of the molecule is CCOc1ccc(S(=O)(=O)N2CCS[C@@H](C(=O)OC)C2)cc1OCC. The van der Waals surface area contributed by atoms with E-state index < -0.39 is 21.2 Å². The Morgan fingerprint density at radius 1 is 1.24 bits per heavy atom. The molecule has 1 fully saturated rings. The largest absolute Gasteiger partial charge is 0.490 e. The number of rotatable bonds is 7. The molecule has 0 saturated carbocycles. The van der Waals surface area contributed by atoms with Crippen molar-refractivity contribution in [3.05, 3.63) is 18.2 Å². The number of sulfonamides is 1. The third kappa shape index (κ3) is 4.59. The van der Waals surface area contributed by atoms with Gasteiger partial charge < -0.3 is 14.2 Å². The van der Waals surface area contributed by atoms with E-state index in [1.807, 2.05) is 13.8 Å². The summed E-state index contributed by atoms with van der Waals surface area (Å²) in [4.78, 5) is 11.9. The summed E-state index contributed by atoms with van der Waals surface area (Å²) in [5.41, 5.74) is 0. The van der Waals surface area contributed by atoms with Gasteiger partial charge in [-0.1, -0.05) is 0 Å². The third-order valence-corrected chi connectivity index (χ3v) is 6.67. The van der Waals surface area contributed by atoms with Crippen molar-refractivity contribution in [2.24, 2.45) is 0 Å². The lowest BCUT2D eigenvalue weighted by atomic mass is 10.3. The summed E-state index contributed by atoms with van der Waals surface area (Å²) >= 11 is 1.41. The number of ether oxygens (including phenoxy) is 3. The maximum atomic E-state index is 12.9. The highest BCUT2D eigenvalue weighted by Crippen LogP contribution is 2.32. The lowest BCUT2D eigenvalue weighted by Gasteiger charge is -2.30. The maximum Gasteiger partial charge on any atom is 0.320 e. The van der Waals surface area contributed by atoms with Crippen molar-refractivity contribution < 1.29 is 27.4 Å². The molecule has 0 aliphatic carbocycles. The number of nitrogens with zero attached hydrogens (tertiary/aromatic N) is 1. The van der Waals surface area contributed by atoms with Crippen LogP contribution in [0, 0.1) is 0 Å². The van der Waals surface area contributed by atoms with Crippen molar-refractivity contribution in [3.8, 4) is 11.5 Å². The predicted octanol–water partition coefficient (Wildman–Crippen LogP) is 1.76. The summed E-state index contributed by atoms with van der Waals surface area (Å²) in [5, 5.41) is -0.511. The smallest absolute Gasteiger partial charge is 0.320 e. The van der Waals surface area contributed by atoms with Gasteiger partial charge in [0, 0.05) is 24.9 Å². The molecular formula is C16H23NO6S2. The molecule has 0 unspecified atom stereocenters. The Bertz CT molecular complexity index is 707. The number of esters is 1. The monoisotopic (exact) mass is 389 g/mol. The Morgan fingerprint density at radius 2 is 1.92 bits per heavy atom. The van der Waals surface area contributed by atoms with Gasteiger partial charge in [0.1, 0.15) is 5.25 Å². The zero-order valence-corrected chi connectivity index (χ0v) is 16.2. The van der Waals surface area contributed by atoms with Gasteiger partial charge >= 0.3 is 5.97 Å². The van der Waals surface area contributed by atoms with Crippen LogP contribution in [0.2, 0.25) is 0 Å². The minimum absolute atomic E-state index is 0.0941. The minimum atomic E-state index is -3.73. The lowest BCUT2D eigenvalue weighted by Crippen LogP contribution is -2.44. The first-order valence-electron chi connectivity index (χ1n) is 8.03. The first-order chi connectivity index (χ1) is 11.9. The van der Waals surface area contributed by atoms with Gasteiger partial charge in [-0.25, -0.2) is 8.42 Å². The number of carbonyl (C=O) groups excluding carboxylic acids is 1. The highest BCUT2D eigenvalue weighted by atomic mass is 32.2. The molecule has 0 radical (unpaired) electrons. The maximum absolute atomic E-state index is 12.9. The average molecular weight is 389 g/mol. The van der Waals surface area contributed by atoms with Gasteiger partial charge in [-0.3, -0.25) is 4.79 Å². The van der Waals surface area contributed by atoms with Crippen LogP contribution < -0.4 is 9.47 Å². The van der Waals surface area contributed by atoms with Crippen molar-refractivity contribution in [2.45, 2.75) is 24.0 Å². The van der Waals surface area contributed by atoms with E-state index in [1.54, 1.807) is 6.07 Å². The van der Waals surface area contributed by atoms with E-state index in [9.17, 15) is 13.2 Å². The Hall–Kier alpha value is -1.45. The predicted molar refractivity (Wildman–Crippen MR) is 95.8 cm³/mol. The Labute approximate surface area is 152 Å². The Kier molecular flexibility index (Phi) is 6.97. The molecule has 25 heavy (non-hydrogen) atoms. The van der Waals surface area contributed by atoms with Crippen LogP contribution in [0.4, 0.5) is 0 Å². The molecule has 1 heterocycles. The summed E-state index contributed by atoms with van der Waals surface area (Å²) in [6.45, 7) is 4.96. The first-order valence-corrected chi connectivity index (χ1v) is 10.5. The molecule has 7 nitrogen and oxygen atoms in total. The second kappa shape index (κ2) is 8.77. The molecule has 0 spiro atoms. The van der Waals surface area contributed by atoms with Crippen molar-refractivity contribution in [3.63, 3.8) is 0 Å². The van der Waals surface area contributed by atoms with Crippen LogP contribution in [0.1, 0.15) is 13.8 Å². The van der Waals surface area contributed by atoms with Gasteiger partial charge in [0.15, 0.2) is 11.5 Å². The number of carbonyl (C=O) groups is 1. The van der Waals surface area contributed by atoms with E-state index in [1.165, 1.54) is 35.3 Å². The molecule has 1 aliphatic rings. The van der Waals surface area contributed by atoms with Crippen LogP contribution in [-0.2, 0) is 19.6 Å². The van der Waals surface area contributed by atoms with Crippen molar-refractivity contribution in [1.29, 1.82) is 0 Å². The van der Waals surface area contributed by atoms with Crippen LogP contribution in [0.3, 0.4) is 0 Å². The van der Waals surface area contributed by atoms with Gasteiger partial charge in [0.05, 0.1) is 25.2 Å². The fourth-order valence-electron chi connectivity index (χ4n) is 2.46. The van der Waals surface area contributed by atoms with Crippen LogP contribution in [0.15, 0.2) is 23.1 Å². The van der Waals surface area contributed by atoms with E-state index in [0.29, 0.717) is 37.0 Å². The lowest BCUT2D eigenvalue weighted by molar-refractivity contribution is -0.140. The van der Waals surface area contributed by atoms with Gasteiger partial charge in [0.2, 0.25) is 10.0 Å². The standard InChI is InChI=1S/C16H23NO6S2/c1-4-22-13-7-6-12(10-14(13)23-5-2)25(19,20)17-8-9-24-15(11-17)16(18)21-3/h6-7,10,15H,4-5,8-9,11H2,1-3H3/t15-/m1/s1. The molecule has 2 rings (SSSR count). The molecule has 1 aromatic rings. The van der Waals surface area contributed by atoms with E-state index >= 15 is 0 Å². The van der Waals surface area contributed by atoms with E-state index in [-0.39, 0.29) is 11.4 Å². The molecule has 1 saturated heterocycles. The van der Waals surface area contributed by atoms with Gasteiger partial charge in [-0.15, -0.1) is 11.8 Å². The molecule has 140 valence electrons. The molecule has 1 aromatic carbocycles. The highest BCUT2D eigenvalue weighted by Gasteiger charge is 2.34. The molecule has 1 atom stereocenters. The molecular weight excluding hydrogens is 366 g/mol. The summed E-state index contributed by atoms with van der Waals surface area (Å²) in [7, 11) is -2.43. The first kappa shape index (κ1) is 19.9. The minimum Gasteiger partial charge on any atom is -0.490 e. The molecule has 9 heteroatoms. The molecule has 0 amide bonds. The summed E-state index contributed by atoms with van der Waals surface area (Å²) in [6, 6.07) is 4.56. The summed E-state index contributed by atoms with van der Waals surface area (Å²) in [6.07, 6.45) is 0. The topological polar surface area (TPSA) is 82.1 Å². The van der Waals surface area contributed by atoms with Gasteiger partial charge in [-0.2, -0.15) is 4.31 Å². The molecule has 0 aromatic heterocycles. The van der Waals surface area contributed by atoms with Crippen LogP contribution in [-0.4, -0.2) is 63.1 Å². The summed E-state index contributed by atoms with van der Waals surface area (Å²) in [5.74, 6) is 1.02. The van der Waals surface area contributed by atoms with Gasteiger partial charge in [-0.05, 0) is 26.0 Å². The number of benzene rings is 1. The number of methoxy groups -OCH3 is 1.